The van der Waals surface area contributed by atoms with Gasteiger partial charge in [0.1, 0.15) is 5.54 Å². The fraction of sp³-hybridized carbons (Fsp3) is 0.0417. The predicted octanol–water partition coefficient (Wildman–Crippen LogP) is 6.47. The van der Waals surface area contributed by atoms with Gasteiger partial charge in [-0.2, -0.15) is 0 Å². The van der Waals surface area contributed by atoms with Crippen molar-refractivity contribution in [3.05, 3.63) is 218 Å². The van der Waals surface area contributed by atoms with Gasteiger partial charge in [-0.3, -0.25) is 4.99 Å². The Morgan fingerprint density at radius 1 is 0.500 bits per heavy atom. The second kappa shape index (κ2) is 14.5. The zero-order valence-electron chi connectivity index (χ0n) is 31.4. The normalized spacial score (nSPS) is 16.8. The second-order valence-corrected chi connectivity index (χ2v) is 14.4. The maximum Gasteiger partial charge on any atom is 0.336 e. The minimum absolute atomic E-state index is 0.000854. The molecule has 2 aromatic heterocycles. The van der Waals surface area contributed by atoms with Crippen LogP contribution < -0.4 is 10.7 Å². The van der Waals surface area contributed by atoms with Crippen LogP contribution in [0.4, 0.5) is 0 Å². The summed E-state index contributed by atoms with van der Waals surface area (Å²) in [7, 11) is 0. The Hall–Kier alpha value is -8.38. The van der Waals surface area contributed by atoms with Gasteiger partial charge in [0, 0.05) is 61.9 Å². The van der Waals surface area contributed by atoms with Crippen LogP contribution in [-0.4, -0.2) is 65.7 Å². The number of hydrogen-bond donors (Lipinski definition) is 6. The minimum atomic E-state index is -1.33. The van der Waals surface area contributed by atoms with E-state index in [-0.39, 0.29) is 28.7 Å². The molecule has 0 amide bonds. The maximum absolute atomic E-state index is 12.8. The quantitative estimate of drug-likeness (QED) is 0.101. The van der Waals surface area contributed by atoms with Crippen LogP contribution in [-0.2, 0) is 12.0 Å². The monoisotopic (exact) mass is 792 g/mol. The van der Waals surface area contributed by atoms with E-state index in [1.54, 1.807) is 109 Å². The fourth-order valence-corrected chi connectivity index (χ4v) is 8.27. The molecule has 5 heterocycles. The van der Waals surface area contributed by atoms with E-state index < -0.39 is 29.4 Å². The van der Waals surface area contributed by atoms with Gasteiger partial charge in [-0.1, -0.05) is 78.9 Å². The number of aromatic amines is 2. The lowest BCUT2D eigenvalue weighted by molar-refractivity contribution is 0.0684. The number of rotatable bonds is 8. The third-order valence-electron chi connectivity index (χ3n) is 10.8. The van der Waals surface area contributed by atoms with E-state index in [1.807, 2.05) is 12.1 Å². The first-order chi connectivity index (χ1) is 29.0. The van der Waals surface area contributed by atoms with Crippen molar-refractivity contribution < 1.29 is 39.6 Å². The third-order valence-corrected chi connectivity index (χ3v) is 10.8. The summed E-state index contributed by atoms with van der Waals surface area (Å²) >= 11 is 0. The van der Waals surface area contributed by atoms with Crippen LogP contribution in [0.25, 0.3) is 16.7 Å². The SMILES string of the molecule is O=C(O)c1ccccc1C1=C2C=CC(=N2)C(c2ccccc2C(=O)O)=c2ccc([nH]2)=C(c2ccccc2C(=O)O)C2=NC(c3ccccc3C(=O)O)(C=C2)Cc2ccc1[nH]2. The Morgan fingerprint density at radius 3 is 1.57 bits per heavy atom. The van der Waals surface area contributed by atoms with Crippen molar-refractivity contribution in [3.8, 4) is 0 Å². The van der Waals surface area contributed by atoms with E-state index in [1.165, 1.54) is 24.3 Å². The molecule has 0 aliphatic carbocycles. The molecule has 0 radical (unpaired) electrons. The van der Waals surface area contributed by atoms with Crippen molar-refractivity contribution in [1.29, 1.82) is 0 Å². The number of nitrogens with one attached hydrogen (secondary N) is 2. The number of H-pyrrole nitrogens is 2. The van der Waals surface area contributed by atoms with Crippen LogP contribution in [0.2, 0.25) is 0 Å². The molecule has 1 unspecified atom stereocenters. The van der Waals surface area contributed by atoms with Gasteiger partial charge in [-0.05, 0) is 72.3 Å². The van der Waals surface area contributed by atoms with Crippen molar-refractivity contribution in [3.63, 3.8) is 0 Å². The average molecular weight is 793 g/mol. The summed E-state index contributed by atoms with van der Waals surface area (Å²) in [5.41, 5.74) is 3.73. The van der Waals surface area contributed by atoms with Crippen LogP contribution in [0.1, 0.15) is 75.1 Å². The van der Waals surface area contributed by atoms with Gasteiger partial charge in [0.15, 0.2) is 0 Å². The highest BCUT2D eigenvalue weighted by molar-refractivity contribution is 6.32. The highest BCUT2D eigenvalue weighted by atomic mass is 16.4. The van der Waals surface area contributed by atoms with Gasteiger partial charge >= 0.3 is 23.9 Å². The minimum Gasteiger partial charge on any atom is -0.478 e. The molecule has 1 atom stereocenters. The number of aliphatic imine (C=N–C) groups is 2. The van der Waals surface area contributed by atoms with E-state index in [9.17, 15) is 39.6 Å². The Labute approximate surface area is 340 Å². The predicted molar refractivity (Wildman–Crippen MR) is 224 cm³/mol. The lowest BCUT2D eigenvalue weighted by Crippen LogP contribution is -2.27. The zero-order chi connectivity index (χ0) is 41.7. The summed E-state index contributed by atoms with van der Waals surface area (Å²) in [5, 5.41) is 42.5. The maximum atomic E-state index is 12.8. The number of fused-ring (bicyclic) bond motifs is 6. The van der Waals surface area contributed by atoms with Crippen LogP contribution in [0, 0.1) is 0 Å². The van der Waals surface area contributed by atoms with Crippen molar-refractivity contribution in [2.75, 3.05) is 0 Å². The number of nitrogens with zero attached hydrogens (tertiary/aromatic N) is 2. The van der Waals surface area contributed by atoms with Crippen LogP contribution >= 0.6 is 0 Å². The lowest BCUT2D eigenvalue weighted by atomic mass is 9.83. The van der Waals surface area contributed by atoms with E-state index >= 15 is 0 Å². The van der Waals surface area contributed by atoms with Crippen LogP contribution in [0.5, 0.6) is 0 Å². The number of aromatic nitrogens is 2. The lowest BCUT2D eigenvalue weighted by Gasteiger charge is -2.26. The summed E-state index contributed by atoms with van der Waals surface area (Å²) in [4.78, 5) is 68.3. The standard InChI is InChI=1S/C48H32N4O8/c53-44(54)30-12-4-1-9-27(30)41-35-18-17-26(49-35)25-48(34-16-8-7-15-33(34)47(59)60)24-23-40(52-48)43(29-11-3-6-14-32(29)46(57)58)39-22-21-38(51-39)42(37-20-19-36(41)50-37)28-10-2-5-13-31(28)45(55)56/h1-24,49,51H,25H2,(H,53,54)(H,55,56)(H,57,58)(H,59,60). The van der Waals surface area contributed by atoms with E-state index in [0.29, 0.717) is 78.2 Å². The largest absolute Gasteiger partial charge is 0.478 e. The van der Waals surface area contributed by atoms with E-state index in [0.717, 1.165) is 0 Å². The van der Waals surface area contributed by atoms with Gasteiger partial charge in [0.05, 0.1) is 39.4 Å². The number of aromatic carboxylic acids is 4. The Balaban J connectivity index is 1.45. The highest BCUT2D eigenvalue weighted by Gasteiger charge is 2.38. The van der Waals surface area contributed by atoms with Crippen LogP contribution in [0.3, 0.4) is 0 Å². The fourth-order valence-electron chi connectivity index (χ4n) is 8.27. The first-order valence-electron chi connectivity index (χ1n) is 18.8. The summed E-state index contributed by atoms with van der Waals surface area (Å²) in [6, 6.07) is 33.3. The highest BCUT2D eigenvalue weighted by Crippen LogP contribution is 2.41. The number of benzene rings is 4. The Morgan fingerprint density at radius 2 is 1.00 bits per heavy atom. The summed E-state index contributed by atoms with van der Waals surface area (Å²) in [5.74, 6) is -4.65. The molecular weight excluding hydrogens is 761 g/mol. The number of hydrogen-bond acceptors (Lipinski definition) is 6. The molecule has 9 rings (SSSR count). The molecule has 292 valence electrons. The first kappa shape index (κ1) is 37.2. The van der Waals surface area contributed by atoms with Crippen molar-refractivity contribution in [2.45, 2.75) is 12.0 Å². The van der Waals surface area contributed by atoms with E-state index in [2.05, 4.69) is 9.97 Å². The van der Waals surface area contributed by atoms with Gasteiger partial charge in [-0.25, -0.2) is 24.2 Å². The number of carbonyl (C=O) groups is 4. The molecule has 8 bridgehead atoms. The summed E-state index contributed by atoms with van der Waals surface area (Å²) < 4.78 is 0. The summed E-state index contributed by atoms with van der Waals surface area (Å²) in [6.45, 7) is 0. The van der Waals surface area contributed by atoms with Gasteiger partial charge in [0.2, 0.25) is 0 Å². The van der Waals surface area contributed by atoms with E-state index in [4.69, 9.17) is 9.98 Å². The number of allylic oxidation sites excluding steroid dienone is 3. The van der Waals surface area contributed by atoms with Crippen molar-refractivity contribution in [1.82, 2.24) is 9.97 Å². The Bertz CT molecular complexity index is 3160. The number of carboxylic acids is 4. The molecule has 0 saturated heterocycles. The number of carboxylic acid groups (broad SMARTS) is 4. The molecule has 3 aliphatic rings. The Kier molecular flexibility index (Phi) is 9.01. The molecule has 12 heteroatoms. The molecular formula is C48H32N4O8. The molecule has 0 spiro atoms. The molecule has 0 fully saturated rings. The zero-order valence-corrected chi connectivity index (χ0v) is 31.4. The smallest absolute Gasteiger partial charge is 0.336 e. The third kappa shape index (κ3) is 6.28. The van der Waals surface area contributed by atoms with Gasteiger partial charge in [0.25, 0.3) is 0 Å². The van der Waals surface area contributed by atoms with Gasteiger partial charge < -0.3 is 30.4 Å². The summed E-state index contributed by atoms with van der Waals surface area (Å²) in [6.07, 6.45) is 7.18. The van der Waals surface area contributed by atoms with Crippen molar-refractivity contribution >= 4 is 52.0 Å². The molecule has 3 aliphatic heterocycles. The molecule has 60 heavy (non-hydrogen) atoms. The van der Waals surface area contributed by atoms with Crippen LogP contribution in [0.15, 0.2) is 161 Å². The molecule has 6 N–H and O–H groups in total. The first-order valence-corrected chi connectivity index (χ1v) is 18.8. The van der Waals surface area contributed by atoms with Gasteiger partial charge in [-0.15, -0.1) is 0 Å². The topological polar surface area (TPSA) is 205 Å². The average Bonchev–Trinajstić information content (AvgIpc) is 4.09. The molecule has 12 nitrogen and oxygen atoms in total. The molecule has 6 aromatic rings. The molecule has 4 aromatic carbocycles. The van der Waals surface area contributed by atoms with Crippen molar-refractivity contribution in [2.24, 2.45) is 9.98 Å². The molecule has 0 saturated carbocycles. The second-order valence-electron chi connectivity index (χ2n) is 14.4.